The van der Waals surface area contributed by atoms with Crippen molar-refractivity contribution in [3.05, 3.63) is 41.5 Å². The monoisotopic (exact) mass is 260 g/mol. The van der Waals surface area contributed by atoms with Crippen LogP contribution in [0.1, 0.15) is 51.2 Å². The number of ether oxygens (including phenoxy) is 1. The van der Waals surface area contributed by atoms with E-state index in [0.29, 0.717) is 6.61 Å². The molecule has 0 radical (unpaired) electrons. The highest BCUT2D eigenvalue weighted by atomic mass is 16.5. The minimum atomic E-state index is -0.247. The van der Waals surface area contributed by atoms with Crippen LogP contribution in [0.15, 0.2) is 30.3 Å². The SMILES string of the molecule is CCCC(=CC(=O)OCC)c1ccc(CCC)cc1. The van der Waals surface area contributed by atoms with E-state index >= 15 is 0 Å². The highest BCUT2D eigenvalue weighted by Crippen LogP contribution is 2.21. The predicted octanol–water partition coefficient (Wildman–Crippen LogP) is 4.39. The van der Waals surface area contributed by atoms with Crippen LogP contribution in [0.25, 0.3) is 5.57 Å². The fourth-order valence-corrected chi connectivity index (χ4v) is 2.07. The molecule has 0 fully saturated rings. The summed E-state index contributed by atoms with van der Waals surface area (Å²) in [5, 5.41) is 0. The molecule has 0 saturated heterocycles. The predicted molar refractivity (Wildman–Crippen MR) is 80.0 cm³/mol. The number of rotatable bonds is 7. The molecule has 0 amide bonds. The zero-order valence-electron chi connectivity index (χ0n) is 12.2. The van der Waals surface area contributed by atoms with Crippen molar-refractivity contribution in [3.63, 3.8) is 0 Å². The minimum absolute atomic E-state index is 0.247. The molecule has 0 aliphatic carbocycles. The fourth-order valence-electron chi connectivity index (χ4n) is 2.07. The van der Waals surface area contributed by atoms with E-state index in [1.54, 1.807) is 6.08 Å². The first-order valence-corrected chi connectivity index (χ1v) is 7.17. The van der Waals surface area contributed by atoms with Crippen molar-refractivity contribution in [2.24, 2.45) is 0 Å². The number of carbonyl (C=O) groups is 1. The Bertz CT molecular complexity index is 415. The van der Waals surface area contributed by atoms with Gasteiger partial charge < -0.3 is 4.74 Å². The summed E-state index contributed by atoms with van der Waals surface area (Å²) in [5.41, 5.74) is 3.52. The van der Waals surface area contributed by atoms with Crippen LogP contribution >= 0.6 is 0 Å². The number of carbonyl (C=O) groups excluding carboxylic acids is 1. The van der Waals surface area contributed by atoms with E-state index < -0.39 is 0 Å². The van der Waals surface area contributed by atoms with E-state index in [4.69, 9.17) is 4.74 Å². The maximum Gasteiger partial charge on any atom is 0.331 e. The van der Waals surface area contributed by atoms with Gasteiger partial charge in [0.1, 0.15) is 0 Å². The summed E-state index contributed by atoms with van der Waals surface area (Å²) in [4.78, 5) is 11.6. The molecule has 0 N–H and O–H groups in total. The van der Waals surface area contributed by atoms with Gasteiger partial charge in [-0.25, -0.2) is 4.79 Å². The van der Waals surface area contributed by atoms with Crippen molar-refractivity contribution in [1.82, 2.24) is 0 Å². The number of hydrogen-bond acceptors (Lipinski definition) is 2. The number of hydrogen-bond donors (Lipinski definition) is 0. The van der Waals surface area contributed by atoms with Crippen LogP contribution < -0.4 is 0 Å². The Morgan fingerprint density at radius 3 is 2.32 bits per heavy atom. The smallest absolute Gasteiger partial charge is 0.331 e. The second kappa shape index (κ2) is 8.52. The van der Waals surface area contributed by atoms with E-state index in [1.807, 2.05) is 6.92 Å². The third kappa shape index (κ3) is 5.29. The first kappa shape index (κ1) is 15.5. The van der Waals surface area contributed by atoms with Gasteiger partial charge in [-0.05, 0) is 36.5 Å². The van der Waals surface area contributed by atoms with Gasteiger partial charge in [0, 0.05) is 6.08 Å². The molecule has 0 spiro atoms. The molecule has 19 heavy (non-hydrogen) atoms. The molecule has 0 aliphatic heterocycles. The van der Waals surface area contributed by atoms with Gasteiger partial charge in [-0.15, -0.1) is 0 Å². The average molecular weight is 260 g/mol. The van der Waals surface area contributed by atoms with Crippen molar-refractivity contribution < 1.29 is 9.53 Å². The third-order valence-corrected chi connectivity index (χ3v) is 2.96. The second-order valence-electron chi connectivity index (χ2n) is 4.62. The summed E-state index contributed by atoms with van der Waals surface area (Å²) in [6.07, 6.45) is 5.79. The zero-order valence-corrected chi connectivity index (χ0v) is 12.2. The van der Waals surface area contributed by atoms with E-state index in [-0.39, 0.29) is 5.97 Å². The lowest BCUT2D eigenvalue weighted by Crippen LogP contribution is -2.01. The zero-order chi connectivity index (χ0) is 14.1. The summed E-state index contributed by atoms with van der Waals surface area (Å²) < 4.78 is 4.99. The van der Waals surface area contributed by atoms with E-state index in [9.17, 15) is 4.79 Å². The van der Waals surface area contributed by atoms with Crippen LogP contribution in [0.5, 0.6) is 0 Å². The minimum Gasteiger partial charge on any atom is -0.463 e. The molecule has 2 nitrogen and oxygen atoms in total. The lowest BCUT2D eigenvalue weighted by atomic mass is 9.99. The van der Waals surface area contributed by atoms with Gasteiger partial charge in [0.25, 0.3) is 0 Å². The number of allylic oxidation sites excluding steroid dienone is 1. The van der Waals surface area contributed by atoms with Gasteiger partial charge in [-0.1, -0.05) is 51.0 Å². The van der Waals surface area contributed by atoms with Gasteiger partial charge in [0.15, 0.2) is 0 Å². The molecule has 0 aliphatic rings. The normalized spacial score (nSPS) is 11.4. The largest absolute Gasteiger partial charge is 0.463 e. The fraction of sp³-hybridized carbons (Fsp3) is 0.471. The molecule has 0 heterocycles. The van der Waals surface area contributed by atoms with Gasteiger partial charge in [-0.3, -0.25) is 0 Å². The highest BCUT2D eigenvalue weighted by Gasteiger charge is 2.05. The van der Waals surface area contributed by atoms with Crippen molar-refractivity contribution >= 4 is 11.5 Å². The summed E-state index contributed by atoms with van der Waals surface area (Å²) in [7, 11) is 0. The molecule has 1 aromatic carbocycles. The van der Waals surface area contributed by atoms with E-state index in [2.05, 4.69) is 38.1 Å². The topological polar surface area (TPSA) is 26.3 Å². The Morgan fingerprint density at radius 2 is 1.79 bits per heavy atom. The molecule has 0 atom stereocenters. The van der Waals surface area contributed by atoms with Crippen LogP contribution in [0.2, 0.25) is 0 Å². The maximum absolute atomic E-state index is 11.6. The van der Waals surface area contributed by atoms with Gasteiger partial charge in [-0.2, -0.15) is 0 Å². The molecule has 2 heteroatoms. The lowest BCUT2D eigenvalue weighted by molar-refractivity contribution is -0.137. The van der Waals surface area contributed by atoms with Crippen molar-refractivity contribution in [2.75, 3.05) is 6.61 Å². The number of aryl methyl sites for hydroxylation is 1. The average Bonchev–Trinajstić information content (AvgIpc) is 2.40. The molecular weight excluding hydrogens is 236 g/mol. The van der Waals surface area contributed by atoms with E-state index in [1.165, 1.54) is 5.56 Å². The van der Waals surface area contributed by atoms with Gasteiger partial charge in [0.05, 0.1) is 6.61 Å². The van der Waals surface area contributed by atoms with Crippen molar-refractivity contribution in [2.45, 2.75) is 46.5 Å². The van der Waals surface area contributed by atoms with Crippen LogP contribution in [-0.2, 0) is 16.0 Å². The Labute approximate surface area is 116 Å². The summed E-state index contributed by atoms with van der Waals surface area (Å²) in [6.45, 7) is 6.54. The molecule has 0 bridgehead atoms. The Hall–Kier alpha value is -1.57. The van der Waals surface area contributed by atoms with Crippen LogP contribution in [0, 0.1) is 0 Å². The first-order chi connectivity index (χ1) is 9.21. The third-order valence-electron chi connectivity index (χ3n) is 2.96. The van der Waals surface area contributed by atoms with Crippen LogP contribution in [0.4, 0.5) is 0 Å². The van der Waals surface area contributed by atoms with Crippen molar-refractivity contribution in [3.8, 4) is 0 Å². The Kier molecular flexibility index (Phi) is 6.94. The second-order valence-corrected chi connectivity index (χ2v) is 4.62. The quantitative estimate of drug-likeness (QED) is 0.537. The Balaban J connectivity index is 2.89. The molecule has 1 rings (SSSR count). The molecule has 1 aromatic rings. The first-order valence-electron chi connectivity index (χ1n) is 7.17. The highest BCUT2D eigenvalue weighted by molar-refractivity contribution is 5.91. The Morgan fingerprint density at radius 1 is 1.11 bits per heavy atom. The van der Waals surface area contributed by atoms with Crippen LogP contribution in [-0.4, -0.2) is 12.6 Å². The molecule has 0 aromatic heterocycles. The summed E-state index contributed by atoms with van der Waals surface area (Å²) in [5.74, 6) is -0.247. The maximum atomic E-state index is 11.6. The van der Waals surface area contributed by atoms with Gasteiger partial charge in [0.2, 0.25) is 0 Å². The lowest BCUT2D eigenvalue weighted by Gasteiger charge is -2.08. The summed E-state index contributed by atoms with van der Waals surface area (Å²) >= 11 is 0. The van der Waals surface area contributed by atoms with Gasteiger partial charge >= 0.3 is 5.97 Å². The number of esters is 1. The standard InChI is InChI=1S/C17H24O2/c1-4-7-14-9-11-15(12-10-14)16(8-5-2)13-17(18)19-6-3/h9-13H,4-8H2,1-3H3. The van der Waals surface area contributed by atoms with E-state index in [0.717, 1.165) is 36.8 Å². The molecule has 104 valence electrons. The molecule has 0 unspecified atom stereocenters. The van der Waals surface area contributed by atoms with Crippen molar-refractivity contribution in [1.29, 1.82) is 0 Å². The van der Waals surface area contributed by atoms with Crippen LogP contribution in [0.3, 0.4) is 0 Å². The summed E-state index contributed by atoms with van der Waals surface area (Å²) in [6, 6.07) is 8.50. The molecular formula is C17H24O2. The number of benzene rings is 1. The molecule has 0 saturated carbocycles.